The maximum Gasteiger partial charge on any atom is 0.259 e. The van der Waals surface area contributed by atoms with Crippen molar-refractivity contribution in [2.75, 3.05) is 17.2 Å². The SMILES string of the molecule is O=C(Nc1ccc(CCCCO)cc1)c1cccnc1NCc1ccncc1. The number of amides is 1. The monoisotopic (exact) mass is 376 g/mol. The van der Waals surface area contributed by atoms with Gasteiger partial charge in [0.1, 0.15) is 5.82 Å². The summed E-state index contributed by atoms with van der Waals surface area (Å²) in [6.45, 7) is 0.777. The number of hydrogen-bond donors (Lipinski definition) is 3. The zero-order chi connectivity index (χ0) is 19.6. The fourth-order valence-corrected chi connectivity index (χ4v) is 2.81. The average Bonchev–Trinajstić information content (AvgIpc) is 2.74. The zero-order valence-electron chi connectivity index (χ0n) is 15.6. The summed E-state index contributed by atoms with van der Waals surface area (Å²) in [7, 11) is 0. The van der Waals surface area contributed by atoms with Gasteiger partial charge in [0.2, 0.25) is 0 Å². The Bertz CT molecular complexity index is 883. The molecule has 6 nitrogen and oxygen atoms in total. The van der Waals surface area contributed by atoms with E-state index in [0.717, 1.165) is 30.5 Å². The maximum atomic E-state index is 12.7. The summed E-state index contributed by atoms with van der Waals surface area (Å²) in [5.41, 5.74) is 3.47. The molecular formula is C22H24N4O2. The van der Waals surface area contributed by atoms with Crippen LogP contribution in [-0.4, -0.2) is 27.6 Å². The van der Waals surface area contributed by atoms with Crippen LogP contribution in [0.5, 0.6) is 0 Å². The number of aliphatic hydroxyl groups excluding tert-OH is 1. The third-order valence-electron chi connectivity index (χ3n) is 4.35. The number of hydrogen-bond acceptors (Lipinski definition) is 5. The molecule has 0 aliphatic rings. The summed E-state index contributed by atoms with van der Waals surface area (Å²) < 4.78 is 0. The van der Waals surface area contributed by atoms with Crippen LogP contribution in [0.1, 0.15) is 34.3 Å². The largest absolute Gasteiger partial charge is 0.396 e. The van der Waals surface area contributed by atoms with E-state index in [9.17, 15) is 4.79 Å². The highest BCUT2D eigenvalue weighted by Gasteiger charge is 2.12. The fraction of sp³-hybridized carbons (Fsp3) is 0.227. The Balaban J connectivity index is 1.62. The van der Waals surface area contributed by atoms with Gasteiger partial charge in [0.25, 0.3) is 5.91 Å². The molecule has 0 aliphatic carbocycles. The summed E-state index contributed by atoms with van der Waals surface area (Å²) in [4.78, 5) is 21.0. The third-order valence-corrected chi connectivity index (χ3v) is 4.35. The maximum absolute atomic E-state index is 12.7. The molecular weight excluding hydrogens is 352 g/mol. The van der Waals surface area contributed by atoms with E-state index < -0.39 is 0 Å². The summed E-state index contributed by atoms with van der Waals surface area (Å²) in [5, 5.41) is 15.0. The molecule has 0 saturated carbocycles. The third kappa shape index (κ3) is 5.62. The second-order valence-corrected chi connectivity index (χ2v) is 6.44. The number of aliphatic hydroxyl groups is 1. The molecule has 3 N–H and O–H groups in total. The minimum Gasteiger partial charge on any atom is -0.396 e. The lowest BCUT2D eigenvalue weighted by Gasteiger charge is -2.11. The lowest BCUT2D eigenvalue weighted by atomic mass is 10.1. The number of pyridine rings is 2. The number of rotatable bonds is 9. The van der Waals surface area contributed by atoms with E-state index in [-0.39, 0.29) is 12.5 Å². The van der Waals surface area contributed by atoms with Crippen molar-refractivity contribution in [3.8, 4) is 0 Å². The van der Waals surface area contributed by atoms with Crippen LogP contribution in [0, 0.1) is 0 Å². The van der Waals surface area contributed by atoms with Crippen LogP contribution in [0.15, 0.2) is 67.1 Å². The van der Waals surface area contributed by atoms with Crippen LogP contribution in [-0.2, 0) is 13.0 Å². The molecule has 0 bridgehead atoms. The number of aromatic nitrogens is 2. The van der Waals surface area contributed by atoms with Gasteiger partial charge < -0.3 is 15.7 Å². The minimum atomic E-state index is -0.210. The first-order valence-corrected chi connectivity index (χ1v) is 9.35. The molecule has 2 aromatic heterocycles. The molecule has 3 rings (SSSR count). The Morgan fingerprint density at radius 2 is 1.71 bits per heavy atom. The highest BCUT2D eigenvalue weighted by Crippen LogP contribution is 2.17. The van der Waals surface area contributed by atoms with Gasteiger partial charge >= 0.3 is 0 Å². The number of aryl methyl sites for hydroxylation is 1. The van der Waals surface area contributed by atoms with Gasteiger partial charge in [-0.3, -0.25) is 9.78 Å². The predicted octanol–water partition coefficient (Wildman–Crippen LogP) is 3.66. The molecule has 0 radical (unpaired) electrons. The first-order valence-electron chi connectivity index (χ1n) is 9.35. The minimum absolute atomic E-state index is 0.210. The van der Waals surface area contributed by atoms with Crippen molar-refractivity contribution < 1.29 is 9.90 Å². The van der Waals surface area contributed by atoms with E-state index in [0.29, 0.717) is 17.9 Å². The summed E-state index contributed by atoms with van der Waals surface area (Å²) in [6, 6.07) is 15.1. The van der Waals surface area contributed by atoms with Crippen molar-refractivity contribution in [3.63, 3.8) is 0 Å². The van der Waals surface area contributed by atoms with E-state index in [1.54, 1.807) is 30.7 Å². The molecule has 144 valence electrons. The number of anilines is 2. The van der Waals surface area contributed by atoms with Gasteiger partial charge in [0.15, 0.2) is 0 Å². The second kappa shape index (κ2) is 10.2. The van der Waals surface area contributed by atoms with Crippen LogP contribution in [0.4, 0.5) is 11.5 Å². The number of unbranched alkanes of at least 4 members (excludes halogenated alkanes) is 1. The molecule has 0 aliphatic heterocycles. The van der Waals surface area contributed by atoms with Crippen molar-refractivity contribution in [1.82, 2.24) is 9.97 Å². The van der Waals surface area contributed by atoms with Gasteiger partial charge in [-0.15, -0.1) is 0 Å². The summed E-state index contributed by atoms with van der Waals surface area (Å²) in [5.74, 6) is 0.329. The highest BCUT2D eigenvalue weighted by molar-refractivity contribution is 6.07. The molecule has 0 spiro atoms. The number of carbonyl (C=O) groups is 1. The highest BCUT2D eigenvalue weighted by atomic mass is 16.2. The van der Waals surface area contributed by atoms with E-state index in [4.69, 9.17) is 5.11 Å². The molecule has 0 atom stereocenters. The molecule has 3 aromatic rings. The van der Waals surface area contributed by atoms with Crippen molar-refractivity contribution in [1.29, 1.82) is 0 Å². The van der Waals surface area contributed by atoms with Crippen molar-refractivity contribution in [2.24, 2.45) is 0 Å². The first-order chi connectivity index (χ1) is 13.8. The quantitative estimate of drug-likeness (QED) is 0.496. The standard InChI is InChI=1S/C22H24N4O2/c27-15-2-1-4-17-6-8-19(9-7-17)26-22(28)20-5-3-12-24-21(20)25-16-18-10-13-23-14-11-18/h3,5-14,27H,1-2,4,15-16H2,(H,24,25)(H,26,28). The van der Waals surface area contributed by atoms with Crippen LogP contribution < -0.4 is 10.6 Å². The molecule has 1 amide bonds. The Morgan fingerprint density at radius 3 is 2.46 bits per heavy atom. The Morgan fingerprint density at radius 1 is 0.929 bits per heavy atom. The van der Waals surface area contributed by atoms with Gasteiger partial charge in [0, 0.05) is 37.4 Å². The van der Waals surface area contributed by atoms with Crippen LogP contribution >= 0.6 is 0 Å². The molecule has 1 aromatic carbocycles. The lowest BCUT2D eigenvalue weighted by molar-refractivity contribution is 0.102. The molecule has 6 heteroatoms. The lowest BCUT2D eigenvalue weighted by Crippen LogP contribution is -2.15. The summed E-state index contributed by atoms with van der Waals surface area (Å²) in [6.07, 6.45) is 7.79. The van der Waals surface area contributed by atoms with Crippen molar-refractivity contribution in [3.05, 3.63) is 83.8 Å². The van der Waals surface area contributed by atoms with E-state index in [1.807, 2.05) is 36.4 Å². The second-order valence-electron chi connectivity index (χ2n) is 6.44. The molecule has 2 heterocycles. The summed E-state index contributed by atoms with van der Waals surface area (Å²) >= 11 is 0. The van der Waals surface area contributed by atoms with Gasteiger partial charge in [-0.05, 0) is 66.8 Å². The number of nitrogens with one attached hydrogen (secondary N) is 2. The van der Waals surface area contributed by atoms with E-state index in [2.05, 4.69) is 20.6 Å². The molecule has 28 heavy (non-hydrogen) atoms. The number of nitrogens with zero attached hydrogens (tertiary/aromatic N) is 2. The number of benzene rings is 1. The average molecular weight is 376 g/mol. The molecule has 0 fully saturated rings. The van der Waals surface area contributed by atoms with Crippen LogP contribution in [0.3, 0.4) is 0 Å². The van der Waals surface area contributed by atoms with Crippen LogP contribution in [0.2, 0.25) is 0 Å². The Hall–Kier alpha value is -3.25. The van der Waals surface area contributed by atoms with Gasteiger partial charge in [-0.1, -0.05) is 12.1 Å². The Labute approximate surface area is 164 Å². The van der Waals surface area contributed by atoms with Gasteiger partial charge in [0.05, 0.1) is 5.56 Å². The smallest absolute Gasteiger partial charge is 0.259 e. The fourth-order valence-electron chi connectivity index (χ4n) is 2.81. The molecule has 0 unspecified atom stereocenters. The first kappa shape index (κ1) is 19.5. The molecule has 0 saturated heterocycles. The Kier molecular flexibility index (Phi) is 7.09. The van der Waals surface area contributed by atoms with E-state index >= 15 is 0 Å². The topological polar surface area (TPSA) is 87.1 Å². The normalized spacial score (nSPS) is 10.5. The zero-order valence-corrected chi connectivity index (χ0v) is 15.6. The van der Waals surface area contributed by atoms with Gasteiger partial charge in [-0.25, -0.2) is 4.98 Å². The van der Waals surface area contributed by atoms with E-state index in [1.165, 1.54) is 5.56 Å². The van der Waals surface area contributed by atoms with Crippen LogP contribution in [0.25, 0.3) is 0 Å². The predicted molar refractivity (Wildman–Crippen MR) is 110 cm³/mol. The van der Waals surface area contributed by atoms with Crippen molar-refractivity contribution in [2.45, 2.75) is 25.8 Å². The number of carbonyl (C=O) groups excluding carboxylic acids is 1. The van der Waals surface area contributed by atoms with Crippen molar-refractivity contribution >= 4 is 17.4 Å². The van der Waals surface area contributed by atoms with Gasteiger partial charge in [-0.2, -0.15) is 0 Å².